The lowest BCUT2D eigenvalue weighted by Gasteiger charge is -2.25. The highest BCUT2D eigenvalue weighted by Crippen LogP contribution is 2.32. The van der Waals surface area contributed by atoms with Gasteiger partial charge in [0.1, 0.15) is 5.75 Å². The van der Waals surface area contributed by atoms with Gasteiger partial charge in [0, 0.05) is 30.8 Å². The molecule has 7 nitrogen and oxygen atoms in total. The van der Waals surface area contributed by atoms with Gasteiger partial charge in [-0.1, -0.05) is 45.4 Å². The first-order valence-corrected chi connectivity index (χ1v) is 11.2. The zero-order valence-electron chi connectivity index (χ0n) is 20.4. The van der Waals surface area contributed by atoms with Crippen molar-refractivity contribution in [2.24, 2.45) is 0 Å². The van der Waals surface area contributed by atoms with E-state index in [0.717, 1.165) is 11.1 Å². The molecular formula is C26H35N3O4. The summed E-state index contributed by atoms with van der Waals surface area (Å²) in [5, 5.41) is 8.27. The Morgan fingerprint density at radius 2 is 1.61 bits per heavy atom. The lowest BCUT2D eigenvalue weighted by Crippen LogP contribution is -2.34. The molecule has 0 fully saturated rings. The SMILES string of the molecule is CCC(=O)NCCNC(=O)c1ccc(NC(=O)C(C)Oc2ccc(C)cc2C(C)(C)C)cc1. The van der Waals surface area contributed by atoms with E-state index in [1.54, 1.807) is 38.1 Å². The van der Waals surface area contributed by atoms with E-state index in [-0.39, 0.29) is 23.1 Å². The van der Waals surface area contributed by atoms with Gasteiger partial charge >= 0.3 is 0 Å². The van der Waals surface area contributed by atoms with Crippen LogP contribution in [0.25, 0.3) is 0 Å². The van der Waals surface area contributed by atoms with Crippen LogP contribution in [0.2, 0.25) is 0 Å². The summed E-state index contributed by atoms with van der Waals surface area (Å²) in [5.74, 6) is 0.112. The summed E-state index contributed by atoms with van der Waals surface area (Å²) < 4.78 is 6.00. The topological polar surface area (TPSA) is 96.5 Å². The van der Waals surface area contributed by atoms with Crippen molar-refractivity contribution in [2.75, 3.05) is 18.4 Å². The highest BCUT2D eigenvalue weighted by atomic mass is 16.5. The van der Waals surface area contributed by atoms with Crippen molar-refractivity contribution < 1.29 is 19.1 Å². The van der Waals surface area contributed by atoms with Crippen LogP contribution in [-0.2, 0) is 15.0 Å². The third kappa shape index (κ3) is 7.93. The zero-order valence-corrected chi connectivity index (χ0v) is 20.4. The van der Waals surface area contributed by atoms with Crippen LogP contribution in [0.3, 0.4) is 0 Å². The molecule has 0 saturated carbocycles. The van der Waals surface area contributed by atoms with Crippen molar-refractivity contribution in [3.8, 4) is 5.75 Å². The van der Waals surface area contributed by atoms with Gasteiger partial charge in [-0.2, -0.15) is 0 Å². The Morgan fingerprint density at radius 1 is 0.970 bits per heavy atom. The van der Waals surface area contributed by atoms with Gasteiger partial charge in [0.15, 0.2) is 6.10 Å². The number of benzene rings is 2. The van der Waals surface area contributed by atoms with E-state index in [0.29, 0.717) is 36.5 Å². The van der Waals surface area contributed by atoms with E-state index >= 15 is 0 Å². The number of ether oxygens (including phenoxy) is 1. The monoisotopic (exact) mass is 453 g/mol. The van der Waals surface area contributed by atoms with E-state index in [2.05, 4.69) is 42.8 Å². The Kier molecular flexibility index (Phi) is 9.02. The molecule has 2 aromatic rings. The van der Waals surface area contributed by atoms with Crippen molar-refractivity contribution in [3.05, 3.63) is 59.2 Å². The molecule has 0 saturated heterocycles. The van der Waals surface area contributed by atoms with Crippen LogP contribution in [0, 0.1) is 6.92 Å². The Bertz CT molecular complexity index is 978. The first-order valence-electron chi connectivity index (χ1n) is 11.2. The van der Waals surface area contributed by atoms with Crippen LogP contribution < -0.4 is 20.7 Å². The number of hydrogen-bond donors (Lipinski definition) is 3. The number of hydrogen-bond acceptors (Lipinski definition) is 4. The number of aryl methyl sites for hydroxylation is 1. The molecule has 0 radical (unpaired) electrons. The molecule has 3 amide bonds. The number of carbonyl (C=O) groups excluding carboxylic acids is 3. The maximum absolute atomic E-state index is 12.7. The molecule has 33 heavy (non-hydrogen) atoms. The molecule has 0 heterocycles. The van der Waals surface area contributed by atoms with Crippen LogP contribution in [0.1, 0.15) is 62.5 Å². The fourth-order valence-electron chi connectivity index (χ4n) is 3.13. The van der Waals surface area contributed by atoms with Crippen LogP contribution in [0.5, 0.6) is 5.75 Å². The number of amides is 3. The maximum Gasteiger partial charge on any atom is 0.265 e. The molecule has 1 unspecified atom stereocenters. The van der Waals surface area contributed by atoms with Gasteiger partial charge in [-0.15, -0.1) is 0 Å². The Morgan fingerprint density at radius 3 is 2.21 bits per heavy atom. The summed E-state index contributed by atoms with van der Waals surface area (Å²) in [4.78, 5) is 36.1. The minimum atomic E-state index is -0.699. The average Bonchev–Trinajstić information content (AvgIpc) is 2.77. The lowest BCUT2D eigenvalue weighted by atomic mass is 9.85. The summed E-state index contributed by atoms with van der Waals surface area (Å²) in [5.41, 5.74) is 3.11. The predicted molar refractivity (Wildman–Crippen MR) is 131 cm³/mol. The van der Waals surface area contributed by atoms with E-state index in [9.17, 15) is 14.4 Å². The molecule has 0 aromatic heterocycles. The summed E-state index contributed by atoms with van der Waals surface area (Å²) in [6.07, 6.45) is -0.289. The van der Waals surface area contributed by atoms with Gasteiger partial charge in [-0.05, 0) is 55.2 Å². The standard InChI is InChI=1S/C26H35N3O4/c1-7-23(30)27-14-15-28-25(32)19-9-11-20(12-10-19)29-24(31)18(3)33-22-13-8-17(2)16-21(22)26(4,5)6/h8-13,16,18H,7,14-15H2,1-6H3,(H,27,30)(H,28,32)(H,29,31). The third-order valence-corrected chi connectivity index (χ3v) is 5.08. The molecule has 1 atom stereocenters. The van der Waals surface area contributed by atoms with Gasteiger partial charge in [0.2, 0.25) is 5.91 Å². The quantitative estimate of drug-likeness (QED) is 0.501. The highest BCUT2D eigenvalue weighted by Gasteiger charge is 2.22. The summed E-state index contributed by atoms with van der Waals surface area (Å²) >= 11 is 0. The highest BCUT2D eigenvalue weighted by molar-refractivity contribution is 5.96. The molecule has 7 heteroatoms. The molecule has 0 bridgehead atoms. The summed E-state index contributed by atoms with van der Waals surface area (Å²) in [6, 6.07) is 12.6. The molecule has 0 aliphatic carbocycles. The third-order valence-electron chi connectivity index (χ3n) is 5.08. The fourth-order valence-corrected chi connectivity index (χ4v) is 3.13. The summed E-state index contributed by atoms with van der Waals surface area (Å²) in [7, 11) is 0. The van der Waals surface area contributed by atoms with Crippen molar-refractivity contribution in [2.45, 2.75) is 59.5 Å². The van der Waals surface area contributed by atoms with Gasteiger partial charge in [-0.3, -0.25) is 14.4 Å². The number of nitrogens with one attached hydrogen (secondary N) is 3. The largest absolute Gasteiger partial charge is 0.481 e. The number of rotatable bonds is 9. The smallest absolute Gasteiger partial charge is 0.265 e. The second-order valence-electron chi connectivity index (χ2n) is 9.04. The van der Waals surface area contributed by atoms with E-state index in [4.69, 9.17) is 4.74 Å². The zero-order chi connectivity index (χ0) is 24.6. The molecule has 0 aliphatic heterocycles. The second-order valence-corrected chi connectivity index (χ2v) is 9.04. The molecule has 2 rings (SSSR count). The van der Waals surface area contributed by atoms with Crippen molar-refractivity contribution in [3.63, 3.8) is 0 Å². The van der Waals surface area contributed by atoms with Crippen molar-refractivity contribution in [1.82, 2.24) is 10.6 Å². The fraction of sp³-hybridized carbons (Fsp3) is 0.423. The molecule has 0 spiro atoms. The molecule has 178 valence electrons. The van der Waals surface area contributed by atoms with Crippen molar-refractivity contribution in [1.29, 1.82) is 0 Å². The first-order chi connectivity index (χ1) is 15.5. The Labute approximate surface area is 196 Å². The first kappa shape index (κ1) is 25.9. The van der Waals surface area contributed by atoms with E-state index in [1.807, 2.05) is 19.1 Å². The predicted octanol–water partition coefficient (Wildman–Crippen LogP) is 3.95. The van der Waals surface area contributed by atoms with E-state index in [1.165, 1.54) is 0 Å². The van der Waals surface area contributed by atoms with Crippen LogP contribution >= 0.6 is 0 Å². The Balaban J connectivity index is 1.93. The lowest BCUT2D eigenvalue weighted by molar-refractivity contribution is -0.122. The van der Waals surface area contributed by atoms with Gasteiger partial charge in [0.05, 0.1) is 0 Å². The van der Waals surface area contributed by atoms with Crippen LogP contribution in [-0.4, -0.2) is 36.9 Å². The minimum Gasteiger partial charge on any atom is -0.481 e. The maximum atomic E-state index is 12.7. The molecular weight excluding hydrogens is 418 g/mol. The molecule has 3 N–H and O–H groups in total. The molecule has 0 aliphatic rings. The summed E-state index contributed by atoms with van der Waals surface area (Å²) in [6.45, 7) is 12.6. The normalized spacial score (nSPS) is 11.9. The van der Waals surface area contributed by atoms with Crippen molar-refractivity contribution >= 4 is 23.4 Å². The van der Waals surface area contributed by atoms with Gasteiger partial charge < -0.3 is 20.7 Å². The van der Waals surface area contributed by atoms with E-state index < -0.39 is 6.10 Å². The molecule has 2 aromatic carbocycles. The Hall–Kier alpha value is -3.35. The van der Waals surface area contributed by atoms with Crippen LogP contribution in [0.4, 0.5) is 5.69 Å². The number of anilines is 1. The van der Waals surface area contributed by atoms with Gasteiger partial charge in [0.25, 0.3) is 11.8 Å². The van der Waals surface area contributed by atoms with Gasteiger partial charge in [-0.25, -0.2) is 0 Å². The average molecular weight is 454 g/mol. The minimum absolute atomic E-state index is 0.0560. The van der Waals surface area contributed by atoms with Crippen LogP contribution in [0.15, 0.2) is 42.5 Å². The number of carbonyl (C=O) groups is 3. The second kappa shape index (κ2) is 11.5.